The Kier molecular flexibility index (Phi) is 9.11. The van der Waals surface area contributed by atoms with Crippen LogP contribution in [0.4, 0.5) is 0 Å². The Labute approximate surface area is 152 Å². The Bertz CT molecular complexity index is 568. The van der Waals surface area contributed by atoms with Crippen LogP contribution in [-0.4, -0.2) is 34.6 Å². The number of nitrogens with zero attached hydrogens (tertiary/aromatic N) is 1. The molecule has 0 saturated heterocycles. The van der Waals surface area contributed by atoms with Gasteiger partial charge in [0.15, 0.2) is 11.5 Å². The standard InChI is InChI=1S/C21H33NO3/c1-5-6-13-22(4)21(25)17(3)10-8-7-9-16(2)14-18-11-12-19(23)20(24)15-18/h7-8,11-12,15-17,23-24H,5-6,9-10,13-14H2,1-4H3/b8-7+/t16-,17-/m1/s1. The maximum atomic E-state index is 12.2. The first-order valence-corrected chi connectivity index (χ1v) is 9.26. The summed E-state index contributed by atoms with van der Waals surface area (Å²) < 4.78 is 0. The fourth-order valence-electron chi connectivity index (χ4n) is 2.79. The molecule has 1 aromatic rings. The van der Waals surface area contributed by atoms with Crippen molar-refractivity contribution in [3.63, 3.8) is 0 Å². The van der Waals surface area contributed by atoms with Crippen molar-refractivity contribution < 1.29 is 15.0 Å². The van der Waals surface area contributed by atoms with Crippen molar-refractivity contribution in [1.82, 2.24) is 4.90 Å². The third-order valence-corrected chi connectivity index (χ3v) is 4.46. The largest absolute Gasteiger partial charge is 0.504 e. The first-order valence-electron chi connectivity index (χ1n) is 9.26. The van der Waals surface area contributed by atoms with Crippen LogP contribution in [0.15, 0.2) is 30.4 Å². The lowest BCUT2D eigenvalue weighted by atomic mass is 9.97. The molecule has 1 amide bonds. The van der Waals surface area contributed by atoms with Gasteiger partial charge in [-0.2, -0.15) is 0 Å². The predicted octanol–water partition coefficient (Wildman–Crippen LogP) is 4.51. The second-order valence-electron chi connectivity index (χ2n) is 7.09. The van der Waals surface area contributed by atoms with E-state index < -0.39 is 0 Å². The number of carbonyl (C=O) groups excluding carboxylic acids is 1. The zero-order valence-electron chi connectivity index (χ0n) is 16.0. The summed E-state index contributed by atoms with van der Waals surface area (Å²) in [6, 6.07) is 4.97. The number of phenolic OH excluding ortho intramolecular Hbond substituents is 2. The molecule has 140 valence electrons. The average Bonchev–Trinajstić information content (AvgIpc) is 2.58. The van der Waals surface area contributed by atoms with Gasteiger partial charge in [-0.15, -0.1) is 0 Å². The molecule has 1 aromatic carbocycles. The molecule has 0 saturated carbocycles. The van der Waals surface area contributed by atoms with Crippen molar-refractivity contribution in [2.45, 2.75) is 52.9 Å². The highest BCUT2D eigenvalue weighted by Gasteiger charge is 2.15. The van der Waals surface area contributed by atoms with Crippen LogP contribution in [0, 0.1) is 11.8 Å². The number of aromatic hydroxyl groups is 2. The molecule has 0 aliphatic heterocycles. The fourth-order valence-corrected chi connectivity index (χ4v) is 2.79. The molecule has 0 aliphatic carbocycles. The van der Waals surface area contributed by atoms with Crippen molar-refractivity contribution in [3.05, 3.63) is 35.9 Å². The molecule has 0 unspecified atom stereocenters. The third-order valence-electron chi connectivity index (χ3n) is 4.46. The Morgan fingerprint density at radius 1 is 1.16 bits per heavy atom. The number of benzene rings is 1. The first kappa shape index (κ1) is 21.1. The van der Waals surface area contributed by atoms with E-state index in [0.29, 0.717) is 5.92 Å². The Morgan fingerprint density at radius 2 is 1.84 bits per heavy atom. The van der Waals surface area contributed by atoms with Gasteiger partial charge in [0, 0.05) is 19.5 Å². The maximum Gasteiger partial charge on any atom is 0.225 e. The van der Waals surface area contributed by atoms with Crippen molar-refractivity contribution in [3.8, 4) is 11.5 Å². The van der Waals surface area contributed by atoms with Gasteiger partial charge in [-0.1, -0.05) is 45.4 Å². The van der Waals surface area contributed by atoms with Crippen molar-refractivity contribution in [2.75, 3.05) is 13.6 Å². The van der Waals surface area contributed by atoms with Crippen molar-refractivity contribution in [1.29, 1.82) is 0 Å². The van der Waals surface area contributed by atoms with E-state index in [1.54, 1.807) is 6.07 Å². The number of unbranched alkanes of at least 4 members (excludes halogenated alkanes) is 1. The van der Waals surface area contributed by atoms with Crippen LogP contribution >= 0.6 is 0 Å². The first-order chi connectivity index (χ1) is 11.8. The molecule has 0 spiro atoms. The van der Waals surface area contributed by atoms with Crippen molar-refractivity contribution in [2.24, 2.45) is 11.8 Å². The summed E-state index contributed by atoms with van der Waals surface area (Å²) >= 11 is 0. The van der Waals surface area contributed by atoms with Crippen LogP contribution in [0.2, 0.25) is 0 Å². The highest BCUT2D eigenvalue weighted by molar-refractivity contribution is 5.78. The second-order valence-corrected chi connectivity index (χ2v) is 7.09. The molecule has 2 atom stereocenters. The van der Waals surface area contributed by atoms with Gasteiger partial charge in [-0.3, -0.25) is 4.79 Å². The highest BCUT2D eigenvalue weighted by Crippen LogP contribution is 2.26. The SMILES string of the molecule is CCCCN(C)C(=O)[C@H](C)C/C=C/C[C@@H](C)Cc1ccc(O)c(O)c1. The van der Waals surface area contributed by atoms with Crippen LogP contribution in [0.5, 0.6) is 11.5 Å². The summed E-state index contributed by atoms with van der Waals surface area (Å²) in [5.74, 6) is 0.505. The lowest BCUT2D eigenvalue weighted by Gasteiger charge is -2.20. The summed E-state index contributed by atoms with van der Waals surface area (Å²) in [7, 11) is 1.88. The summed E-state index contributed by atoms with van der Waals surface area (Å²) in [5.41, 5.74) is 1.01. The van der Waals surface area contributed by atoms with Gasteiger partial charge in [0.1, 0.15) is 0 Å². The summed E-state index contributed by atoms with van der Waals surface area (Å²) in [6.45, 7) is 7.10. The number of amides is 1. The Balaban J connectivity index is 2.36. The van der Waals surface area contributed by atoms with Crippen LogP contribution in [0.3, 0.4) is 0 Å². The molecular formula is C21H33NO3. The van der Waals surface area contributed by atoms with E-state index in [9.17, 15) is 15.0 Å². The summed E-state index contributed by atoms with van der Waals surface area (Å²) in [4.78, 5) is 14.1. The van der Waals surface area contributed by atoms with Gasteiger partial charge in [-0.25, -0.2) is 0 Å². The van der Waals surface area contributed by atoms with Gasteiger partial charge in [0.25, 0.3) is 0 Å². The van der Waals surface area contributed by atoms with Crippen LogP contribution in [0.1, 0.15) is 52.0 Å². The monoisotopic (exact) mass is 347 g/mol. The van der Waals surface area contributed by atoms with Gasteiger partial charge in [0.05, 0.1) is 0 Å². The number of hydrogen-bond donors (Lipinski definition) is 2. The maximum absolute atomic E-state index is 12.2. The van der Waals surface area contributed by atoms with E-state index >= 15 is 0 Å². The molecule has 4 heteroatoms. The van der Waals surface area contributed by atoms with E-state index in [1.165, 1.54) is 6.07 Å². The van der Waals surface area contributed by atoms with Gasteiger partial charge >= 0.3 is 0 Å². The van der Waals surface area contributed by atoms with Crippen LogP contribution in [0.25, 0.3) is 0 Å². The van der Waals surface area contributed by atoms with Crippen LogP contribution < -0.4 is 0 Å². The van der Waals surface area contributed by atoms with Crippen LogP contribution in [-0.2, 0) is 11.2 Å². The Morgan fingerprint density at radius 3 is 2.48 bits per heavy atom. The zero-order valence-corrected chi connectivity index (χ0v) is 16.0. The van der Waals surface area contributed by atoms with E-state index in [1.807, 2.05) is 24.9 Å². The lowest BCUT2D eigenvalue weighted by molar-refractivity contribution is -0.133. The third kappa shape index (κ3) is 7.63. The molecule has 2 N–H and O–H groups in total. The minimum Gasteiger partial charge on any atom is -0.504 e. The van der Waals surface area contributed by atoms with Gasteiger partial charge < -0.3 is 15.1 Å². The minimum atomic E-state index is -0.0844. The van der Waals surface area contributed by atoms with E-state index in [4.69, 9.17) is 0 Å². The topological polar surface area (TPSA) is 60.8 Å². The quantitative estimate of drug-likeness (QED) is 0.484. The number of phenols is 2. The minimum absolute atomic E-state index is 0.0162. The lowest BCUT2D eigenvalue weighted by Crippen LogP contribution is -2.32. The molecule has 0 bridgehead atoms. The second kappa shape index (κ2) is 10.8. The Hall–Kier alpha value is -1.97. The highest BCUT2D eigenvalue weighted by atomic mass is 16.3. The molecule has 0 radical (unpaired) electrons. The van der Waals surface area contributed by atoms with Crippen molar-refractivity contribution >= 4 is 5.91 Å². The van der Waals surface area contributed by atoms with Gasteiger partial charge in [0.2, 0.25) is 5.91 Å². The number of hydrogen-bond acceptors (Lipinski definition) is 3. The molecule has 0 fully saturated rings. The molecule has 0 aromatic heterocycles. The molecule has 25 heavy (non-hydrogen) atoms. The number of carbonyl (C=O) groups is 1. The predicted molar refractivity (Wildman–Crippen MR) is 103 cm³/mol. The zero-order chi connectivity index (χ0) is 18.8. The normalized spacial score (nSPS) is 13.8. The smallest absolute Gasteiger partial charge is 0.225 e. The molecule has 1 rings (SSSR count). The summed E-state index contributed by atoms with van der Waals surface area (Å²) in [6.07, 6.45) is 8.92. The number of allylic oxidation sites excluding steroid dienone is 2. The average molecular weight is 347 g/mol. The molecule has 0 aliphatic rings. The van der Waals surface area contributed by atoms with E-state index in [2.05, 4.69) is 26.0 Å². The molecule has 0 heterocycles. The van der Waals surface area contributed by atoms with E-state index in [-0.39, 0.29) is 23.3 Å². The fraction of sp³-hybridized carbons (Fsp3) is 0.571. The summed E-state index contributed by atoms with van der Waals surface area (Å²) in [5, 5.41) is 18.9. The molecular weight excluding hydrogens is 314 g/mol. The number of rotatable bonds is 10. The van der Waals surface area contributed by atoms with E-state index in [0.717, 1.165) is 44.2 Å². The molecule has 4 nitrogen and oxygen atoms in total. The van der Waals surface area contributed by atoms with Gasteiger partial charge in [-0.05, 0) is 49.3 Å².